The first-order valence-corrected chi connectivity index (χ1v) is 7.82. The van der Waals surface area contributed by atoms with E-state index in [-0.39, 0.29) is 5.57 Å². The summed E-state index contributed by atoms with van der Waals surface area (Å²) in [6, 6.07) is 6.21. The smallest absolute Gasteiger partial charge is 0.337 e. The third kappa shape index (κ3) is 4.58. The van der Waals surface area contributed by atoms with Crippen molar-refractivity contribution in [2.75, 3.05) is 10.6 Å². The lowest BCUT2D eigenvalue weighted by Gasteiger charge is -2.13. The van der Waals surface area contributed by atoms with Crippen molar-refractivity contribution < 1.29 is 18.0 Å². The van der Waals surface area contributed by atoms with Crippen molar-refractivity contribution in [3.05, 3.63) is 52.2 Å². The van der Waals surface area contributed by atoms with Gasteiger partial charge in [-0.15, -0.1) is 11.3 Å². The summed E-state index contributed by atoms with van der Waals surface area (Å²) in [4.78, 5) is 17.2. The number of benzene rings is 1. The molecule has 5 nitrogen and oxygen atoms in total. The second-order valence-electron chi connectivity index (χ2n) is 4.97. The van der Waals surface area contributed by atoms with E-state index in [1.807, 2.05) is 13.8 Å². The van der Waals surface area contributed by atoms with Gasteiger partial charge in [0.25, 0.3) is 5.91 Å². The maximum Gasteiger partial charge on any atom is 0.418 e. The molecule has 0 radical (unpaired) electrons. The summed E-state index contributed by atoms with van der Waals surface area (Å²) < 4.78 is 38.8. The molecule has 0 aliphatic heterocycles. The van der Waals surface area contributed by atoms with Gasteiger partial charge in [-0.05, 0) is 26.0 Å². The van der Waals surface area contributed by atoms with Crippen LogP contribution in [-0.4, -0.2) is 10.9 Å². The Bertz CT molecular complexity index is 845. The molecule has 130 valence electrons. The largest absolute Gasteiger partial charge is 0.418 e. The quantitative estimate of drug-likeness (QED) is 0.627. The lowest BCUT2D eigenvalue weighted by Crippen LogP contribution is -2.18. The Morgan fingerprint density at radius 2 is 2.00 bits per heavy atom. The number of aryl methyl sites for hydroxylation is 2. The lowest BCUT2D eigenvalue weighted by atomic mass is 10.1. The summed E-state index contributed by atoms with van der Waals surface area (Å²) in [6.07, 6.45) is -3.50. The highest BCUT2D eigenvalue weighted by Crippen LogP contribution is 2.34. The van der Waals surface area contributed by atoms with Gasteiger partial charge in [0.1, 0.15) is 11.6 Å². The maximum atomic E-state index is 12.9. The van der Waals surface area contributed by atoms with E-state index in [2.05, 4.69) is 15.6 Å². The van der Waals surface area contributed by atoms with Crippen LogP contribution in [0.25, 0.3) is 0 Å². The van der Waals surface area contributed by atoms with Crippen LogP contribution in [0.2, 0.25) is 0 Å². The number of nitrogens with one attached hydrogen (secondary N) is 2. The summed E-state index contributed by atoms with van der Waals surface area (Å²) in [5.74, 6) is -0.948. The van der Waals surface area contributed by atoms with Crippen LogP contribution in [-0.2, 0) is 11.0 Å². The van der Waals surface area contributed by atoms with Crippen LogP contribution >= 0.6 is 11.3 Å². The monoisotopic (exact) mass is 366 g/mol. The predicted octanol–water partition coefficient (Wildman–Crippen LogP) is 4.24. The molecule has 2 aromatic rings. The Morgan fingerprint density at radius 3 is 2.56 bits per heavy atom. The van der Waals surface area contributed by atoms with Gasteiger partial charge in [-0.2, -0.15) is 18.4 Å². The van der Waals surface area contributed by atoms with Crippen molar-refractivity contribution in [3.63, 3.8) is 0 Å². The number of rotatable bonds is 4. The lowest BCUT2D eigenvalue weighted by molar-refractivity contribution is -0.137. The highest BCUT2D eigenvalue weighted by molar-refractivity contribution is 7.15. The highest BCUT2D eigenvalue weighted by atomic mass is 32.1. The van der Waals surface area contributed by atoms with Gasteiger partial charge in [-0.1, -0.05) is 12.1 Å². The van der Waals surface area contributed by atoms with Gasteiger partial charge in [0, 0.05) is 11.1 Å². The van der Waals surface area contributed by atoms with Crippen molar-refractivity contribution in [2.24, 2.45) is 0 Å². The fourth-order valence-electron chi connectivity index (χ4n) is 1.85. The number of carbonyl (C=O) groups is 1. The Hall–Kier alpha value is -2.86. The molecule has 1 heterocycles. The maximum absolute atomic E-state index is 12.9. The van der Waals surface area contributed by atoms with Gasteiger partial charge in [0.2, 0.25) is 0 Å². The number of hydrogen-bond acceptors (Lipinski definition) is 5. The molecule has 0 unspecified atom stereocenters. The summed E-state index contributed by atoms with van der Waals surface area (Å²) in [7, 11) is 0. The number of thiazole rings is 1. The Balaban J connectivity index is 2.18. The van der Waals surface area contributed by atoms with Gasteiger partial charge in [-0.3, -0.25) is 4.79 Å². The zero-order valence-electron chi connectivity index (χ0n) is 13.2. The van der Waals surface area contributed by atoms with E-state index in [1.54, 1.807) is 6.07 Å². The average molecular weight is 366 g/mol. The molecular weight excluding hydrogens is 353 g/mol. The number of amides is 1. The minimum atomic E-state index is -4.62. The Morgan fingerprint density at radius 1 is 1.32 bits per heavy atom. The van der Waals surface area contributed by atoms with Crippen molar-refractivity contribution in [2.45, 2.75) is 20.0 Å². The number of nitriles is 1. The first-order chi connectivity index (χ1) is 11.7. The molecule has 2 rings (SSSR count). The zero-order valence-corrected chi connectivity index (χ0v) is 14.0. The van der Waals surface area contributed by atoms with Crippen LogP contribution in [0.4, 0.5) is 24.0 Å². The second kappa shape index (κ2) is 7.36. The number of carbonyl (C=O) groups excluding carboxylic acids is 1. The van der Waals surface area contributed by atoms with E-state index in [0.29, 0.717) is 5.13 Å². The standard InChI is InChI=1S/C16H13F3N4OS/c1-9-10(2)25-15(22-9)21-8-11(7-20)14(24)23-13-6-4-3-5-12(13)16(17,18)19/h3-6,8H,1-2H3,(H,21,22)(H,23,24)/b11-8-. The fraction of sp³-hybridized carbons (Fsp3) is 0.188. The molecule has 9 heteroatoms. The number of para-hydroxylation sites is 1. The number of alkyl halides is 3. The molecule has 0 aliphatic carbocycles. The molecule has 0 spiro atoms. The van der Waals surface area contributed by atoms with Gasteiger partial charge in [0.05, 0.1) is 16.9 Å². The molecule has 0 fully saturated rings. The molecule has 1 aromatic carbocycles. The molecule has 1 aromatic heterocycles. The highest BCUT2D eigenvalue weighted by Gasteiger charge is 2.33. The number of aromatic nitrogens is 1. The molecule has 0 bridgehead atoms. The number of anilines is 2. The molecule has 1 amide bonds. The minimum Gasteiger partial charge on any atom is -0.337 e. The van der Waals surface area contributed by atoms with Crippen LogP contribution in [0.15, 0.2) is 36.0 Å². The zero-order chi connectivity index (χ0) is 18.6. The van der Waals surface area contributed by atoms with Crippen molar-refractivity contribution in [3.8, 4) is 6.07 Å². The second-order valence-corrected chi connectivity index (χ2v) is 6.18. The summed E-state index contributed by atoms with van der Waals surface area (Å²) >= 11 is 1.33. The molecular formula is C16H13F3N4OS. The third-order valence-corrected chi connectivity index (χ3v) is 4.22. The third-order valence-electron chi connectivity index (χ3n) is 3.21. The summed E-state index contributed by atoms with van der Waals surface area (Å²) in [6.45, 7) is 3.68. The topological polar surface area (TPSA) is 77.8 Å². The minimum absolute atomic E-state index is 0.373. The fourth-order valence-corrected chi connectivity index (χ4v) is 2.63. The van der Waals surface area contributed by atoms with Crippen LogP contribution in [0.1, 0.15) is 16.1 Å². The normalized spacial score (nSPS) is 11.8. The molecule has 0 atom stereocenters. The number of nitrogens with zero attached hydrogens (tertiary/aromatic N) is 2. The van der Waals surface area contributed by atoms with Crippen LogP contribution in [0, 0.1) is 25.2 Å². The molecule has 25 heavy (non-hydrogen) atoms. The summed E-state index contributed by atoms with van der Waals surface area (Å²) in [5, 5.41) is 14.4. The Kier molecular flexibility index (Phi) is 5.44. The first kappa shape index (κ1) is 18.5. The van der Waals surface area contributed by atoms with Gasteiger partial charge >= 0.3 is 6.18 Å². The van der Waals surface area contributed by atoms with Crippen LogP contribution in [0.3, 0.4) is 0 Å². The van der Waals surface area contributed by atoms with Crippen molar-refractivity contribution in [1.82, 2.24) is 4.98 Å². The molecule has 2 N–H and O–H groups in total. The van der Waals surface area contributed by atoms with E-state index in [4.69, 9.17) is 5.26 Å². The predicted molar refractivity (Wildman–Crippen MR) is 89.0 cm³/mol. The Labute approximate surface area is 145 Å². The van der Waals surface area contributed by atoms with Crippen molar-refractivity contribution in [1.29, 1.82) is 5.26 Å². The van der Waals surface area contributed by atoms with Crippen LogP contribution in [0.5, 0.6) is 0 Å². The van der Waals surface area contributed by atoms with E-state index < -0.39 is 23.3 Å². The number of hydrogen-bond donors (Lipinski definition) is 2. The van der Waals surface area contributed by atoms with E-state index in [9.17, 15) is 18.0 Å². The van der Waals surface area contributed by atoms with Crippen molar-refractivity contribution >= 4 is 28.1 Å². The van der Waals surface area contributed by atoms with Gasteiger partial charge in [0.15, 0.2) is 5.13 Å². The van der Waals surface area contributed by atoms with E-state index in [0.717, 1.165) is 28.9 Å². The average Bonchev–Trinajstić information content (AvgIpc) is 2.85. The van der Waals surface area contributed by atoms with Gasteiger partial charge < -0.3 is 10.6 Å². The summed E-state index contributed by atoms with van der Waals surface area (Å²) in [5.41, 5.74) is -0.965. The van der Waals surface area contributed by atoms with Crippen LogP contribution < -0.4 is 10.6 Å². The molecule has 0 aliphatic rings. The first-order valence-electron chi connectivity index (χ1n) is 7.00. The SMILES string of the molecule is Cc1nc(N/C=C(/C#N)C(=O)Nc2ccccc2C(F)(F)F)sc1C. The number of halogens is 3. The molecule has 0 saturated heterocycles. The van der Waals surface area contributed by atoms with Gasteiger partial charge in [-0.25, -0.2) is 4.98 Å². The van der Waals surface area contributed by atoms with E-state index >= 15 is 0 Å². The van der Waals surface area contributed by atoms with E-state index in [1.165, 1.54) is 23.5 Å². The molecule has 0 saturated carbocycles.